The molecule has 6 nitrogen and oxygen atoms in total. The summed E-state index contributed by atoms with van der Waals surface area (Å²) in [6.07, 6.45) is 0.622. The molecule has 0 bridgehead atoms. The summed E-state index contributed by atoms with van der Waals surface area (Å²) in [6.45, 7) is 6.63. The highest BCUT2D eigenvalue weighted by Gasteiger charge is 2.32. The number of nitrogens with one attached hydrogen (secondary N) is 2. The van der Waals surface area contributed by atoms with Gasteiger partial charge in [-0.15, -0.1) is 0 Å². The quantitative estimate of drug-likeness (QED) is 0.582. The van der Waals surface area contributed by atoms with E-state index < -0.39 is 0 Å². The molecule has 0 aliphatic carbocycles. The summed E-state index contributed by atoms with van der Waals surface area (Å²) >= 11 is 0. The van der Waals surface area contributed by atoms with Crippen molar-refractivity contribution in [2.24, 2.45) is 0 Å². The Morgan fingerprint density at radius 1 is 1.19 bits per heavy atom. The number of aryl methyl sites for hydroxylation is 1. The van der Waals surface area contributed by atoms with Gasteiger partial charge in [-0.25, -0.2) is 4.39 Å². The lowest BCUT2D eigenvalue weighted by molar-refractivity contribution is -0.142. The van der Waals surface area contributed by atoms with Crippen LogP contribution in [0, 0.1) is 12.7 Å². The molecule has 2 atom stereocenters. The van der Waals surface area contributed by atoms with E-state index in [4.69, 9.17) is 9.15 Å². The van der Waals surface area contributed by atoms with E-state index >= 15 is 0 Å². The number of fused-ring (bicyclic) bond motifs is 1. The van der Waals surface area contributed by atoms with Gasteiger partial charge in [-0.2, -0.15) is 0 Å². The lowest BCUT2D eigenvalue weighted by atomic mass is 9.90. The molecule has 1 aliphatic heterocycles. The highest BCUT2D eigenvalue weighted by atomic mass is 19.1. The molecule has 2 aromatic carbocycles. The van der Waals surface area contributed by atoms with Crippen molar-refractivity contribution in [1.29, 1.82) is 0 Å². The molecule has 0 radical (unpaired) electrons. The van der Waals surface area contributed by atoms with Crippen LogP contribution in [0.4, 0.5) is 4.39 Å². The molecule has 2 unspecified atom stereocenters. The van der Waals surface area contributed by atoms with E-state index in [9.17, 15) is 14.0 Å². The topological polar surface area (TPSA) is 80.6 Å². The zero-order valence-electron chi connectivity index (χ0n) is 19.0. The van der Waals surface area contributed by atoms with Gasteiger partial charge in [0.1, 0.15) is 23.2 Å². The average molecular weight is 441 g/mol. The standard InChI is InChI=1S/C23H23FN2O4.C2H6/c1-12-8-19-17(10-16(12)14-9-18(26-11-14)23(28)29-3)20(22(27)25-2)21(30-19)13-4-6-15(24)7-5-13;1-2/h4-8,10,14,18,26H,9,11H2,1-3H3,(H,25,27);1-2H3. The third kappa shape index (κ3) is 4.39. The summed E-state index contributed by atoms with van der Waals surface area (Å²) < 4.78 is 24.3. The van der Waals surface area contributed by atoms with Gasteiger partial charge in [0.05, 0.1) is 12.7 Å². The molecule has 1 aliphatic rings. The van der Waals surface area contributed by atoms with Crippen LogP contribution in [-0.4, -0.2) is 38.6 Å². The van der Waals surface area contributed by atoms with Crippen LogP contribution in [0.1, 0.15) is 47.7 Å². The van der Waals surface area contributed by atoms with Crippen LogP contribution >= 0.6 is 0 Å². The number of ether oxygens (including phenoxy) is 1. The van der Waals surface area contributed by atoms with Crippen LogP contribution in [0.5, 0.6) is 0 Å². The van der Waals surface area contributed by atoms with Gasteiger partial charge in [0, 0.05) is 24.5 Å². The van der Waals surface area contributed by atoms with Gasteiger partial charge in [-0.1, -0.05) is 13.8 Å². The Labute approximate surface area is 187 Å². The van der Waals surface area contributed by atoms with Crippen LogP contribution in [0.25, 0.3) is 22.3 Å². The smallest absolute Gasteiger partial charge is 0.322 e. The maximum absolute atomic E-state index is 13.4. The molecule has 1 saturated heterocycles. The highest BCUT2D eigenvalue weighted by molar-refractivity contribution is 6.11. The van der Waals surface area contributed by atoms with Gasteiger partial charge in [0.25, 0.3) is 5.91 Å². The number of furan rings is 1. The van der Waals surface area contributed by atoms with Gasteiger partial charge in [0.15, 0.2) is 0 Å². The van der Waals surface area contributed by atoms with Gasteiger partial charge in [-0.3, -0.25) is 9.59 Å². The van der Waals surface area contributed by atoms with Crippen molar-refractivity contribution in [3.63, 3.8) is 0 Å². The van der Waals surface area contributed by atoms with E-state index in [1.807, 2.05) is 32.9 Å². The minimum Gasteiger partial charge on any atom is -0.468 e. The Bertz CT molecular complexity index is 1120. The summed E-state index contributed by atoms with van der Waals surface area (Å²) in [6, 6.07) is 9.40. The second-order valence-electron chi connectivity index (χ2n) is 7.51. The molecule has 2 N–H and O–H groups in total. The number of methoxy groups -OCH3 is 1. The van der Waals surface area contributed by atoms with E-state index in [0.29, 0.717) is 40.8 Å². The molecule has 4 rings (SSSR count). The minimum atomic E-state index is -0.358. The monoisotopic (exact) mass is 440 g/mol. The highest BCUT2D eigenvalue weighted by Crippen LogP contribution is 2.38. The normalized spacial score (nSPS) is 17.6. The minimum absolute atomic E-state index is 0.111. The van der Waals surface area contributed by atoms with Gasteiger partial charge in [-0.05, 0) is 66.8 Å². The lowest BCUT2D eigenvalue weighted by Gasteiger charge is -2.13. The summed E-state index contributed by atoms with van der Waals surface area (Å²) in [5.41, 5.74) is 3.69. The zero-order valence-corrected chi connectivity index (χ0v) is 19.0. The summed E-state index contributed by atoms with van der Waals surface area (Å²) in [5, 5.41) is 6.56. The first-order valence-corrected chi connectivity index (χ1v) is 10.8. The van der Waals surface area contributed by atoms with Crippen molar-refractivity contribution in [1.82, 2.24) is 10.6 Å². The lowest BCUT2D eigenvalue weighted by Crippen LogP contribution is -2.31. The van der Waals surface area contributed by atoms with Gasteiger partial charge < -0.3 is 19.8 Å². The van der Waals surface area contributed by atoms with Gasteiger partial charge >= 0.3 is 5.97 Å². The van der Waals surface area contributed by atoms with E-state index in [0.717, 1.165) is 11.1 Å². The fourth-order valence-corrected chi connectivity index (χ4v) is 4.15. The summed E-state index contributed by atoms with van der Waals surface area (Å²) in [4.78, 5) is 24.6. The first-order valence-electron chi connectivity index (χ1n) is 10.8. The van der Waals surface area contributed by atoms with Gasteiger partial charge in [0.2, 0.25) is 0 Å². The number of carbonyl (C=O) groups excluding carboxylic acids is 2. The number of hydrogen-bond acceptors (Lipinski definition) is 5. The number of esters is 1. The third-order valence-electron chi connectivity index (χ3n) is 5.69. The van der Waals surface area contributed by atoms with E-state index in [-0.39, 0.29) is 29.7 Å². The molecular weight excluding hydrogens is 411 g/mol. The Balaban J connectivity index is 0.00000141. The predicted octanol–water partition coefficient (Wildman–Crippen LogP) is 4.55. The number of halogens is 1. The molecular formula is C25H29FN2O4. The van der Waals surface area contributed by atoms with Crippen molar-refractivity contribution in [3.8, 4) is 11.3 Å². The molecule has 0 spiro atoms. The zero-order chi connectivity index (χ0) is 23.4. The molecule has 7 heteroatoms. The van der Waals surface area contributed by atoms with Crippen LogP contribution in [0.15, 0.2) is 40.8 Å². The van der Waals surface area contributed by atoms with Crippen LogP contribution < -0.4 is 10.6 Å². The van der Waals surface area contributed by atoms with Crippen molar-refractivity contribution < 1.29 is 23.1 Å². The summed E-state index contributed by atoms with van der Waals surface area (Å²) in [7, 11) is 2.94. The molecule has 1 amide bonds. The second-order valence-corrected chi connectivity index (χ2v) is 7.51. The van der Waals surface area contributed by atoms with Crippen LogP contribution in [0.3, 0.4) is 0 Å². The molecule has 32 heavy (non-hydrogen) atoms. The Hall–Kier alpha value is -3.19. The molecule has 3 aromatic rings. The Morgan fingerprint density at radius 2 is 1.88 bits per heavy atom. The fourth-order valence-electron chi connectivity index (χ4n) is 4.15. The average Bonchev–Trinajstić information content (AvgIpc) is 3.44. The first-order chi connectivity index (χ1) is 15.4. The molecule has 2 heterocycles. The largest absolute Gasteiger partial charge is 0.468 e. The maximum Gasteiger partial charge on any atom is 0.322 e. The van der Waals surface area contributed by atoms with Crippen LogP contribution in [-0.2, 0) is 9.53 Å². The van der Waals surface area contributed by atoms with Crippen molar-refractivity contribution in [2.75, 3.05) is 20.7 Å². The Morgan fingerprint density at radius 3 is 2.50 bits per heavy atom. The number of carbonyl (C=O) groups is 2. The molecule has 1 aromatic heterocycles. The number of rotatable bonds is 4. The molecule has 170 valence electrons. The first kappa shape index (κ1) is 23.5. The maximum atomic E-state index is 13.4. The predicted molar refractivity (Wildman–Crippen MR) is 122 cm³/mol. The van der Waals surface area contributed by atoms with E-state index in [1.165, 1.54) is 19.2 Å². The molecule has 0 saturated carbocycles. The van der Waals surface area contributed by atoms with E-state index in [2.05, 4.69) is 10.6 Å². The SMILES string of the molecule is CC.CNC(=O)c1c(-c2ccc(F)cc2)oc2cc(C)c(C3CNC(C(=O)OC)C3)cc12. The third-order valence-corrected chi connectivity index (χ3v) is 5.69. The molecule has 1 fully saturated rings. The second kappa shape index (κ2) is 9.96. The number of amides is 1. The van der Waals surface area contributed by atoms with Crippen LogP contribution in [0.2, 0.25) is 0 Å². The van der Waals surface area contributed by atoms with Crippen molar-refractivity contribution >= 4 is 22.8 Å². The van der Waals surface area contributed by atoms with E-state index in [1.54, 1.807) is 19.2 Å². The van der Waals surface area contributed by atoms with Crippen molar-refractivity contribution in [2.45, 2.75) is 39.2 Å². The fraction of sp³-hybridized carbons (Fsp3) is 0.360. The Kier molecular flexibility index (Phi) is 7.30. The number of benzene rings is 2. The van der Waals surface area contributed by atoms with Crippen molar-refractivity contribution in [3.05, 3.63) is 58.9 Å². The summed E-state index contributed by atoms with van der Waals surface area (Å²) in [5.74, 6) is -0.398. The number of hydrogen-bond donors (Lipinski definition) is 2.